The van der Waals surface area contributed by atoms with Crippen molar-refractivity contribution >= 4 is 5.78 Å². The molecule has 1 aromatic carbocycles. The van der Waals surface area contributed by atoms with E-state index < -0.39 is 0 Å². The minimum Gasteiger partial charge on any atom is -0.272 e. The van der Waals surface area contributed by atoms with Crippen molar-refractivity contribution in [3.63, 3.8) is 0 Å². The summed E-state index contributed by atoms with van der Waals surface area (Å²) in [6, 6.07) is 9.92. The average Bonchev–Trinajstić information content (AvgIpc) is 3.17. The Bertz CT molecular complexity index is 849. The molecule has 0 atom stereocenters. The normalized spacial score (nSPS) is 11.0. The van der Waals surface area contributed by atoms with Crippen molar-refractivity contribution in [2.45, 2.75) is 0 Å². The first-order valence-corrected chi connectivity index (χ1v) is 6.04. The van der Waals surface area contributed by atoms with E-state index in [4.69, 9.17) is 0 Å². The van der Waals surface area contributed by atoms with Crippen LogP contribution in [0.15, 0.2) is 55.2 Å². The second-order valence-corrected chi connectivity index (χ2v) is 4.19. The summed E-state index contributed by atoms with van der Waals surface area (Å²) in [7, 11) is 0. The molecule has 0 amide bonds. The lowest BCUT2D eigenvalue weighted by molar-refractivity contribution is 0.765. The maximum Gasteiger partial charge on any atom is 0.272 e. The molecule has 0 aliphatic heterocycles. The molecule has 0 unspecified atom stereocenters. The molecule has 4 rings (SSSR count). The van der Waals surface area contributed by atoms with Gasteiger partial charge in [0.25, 0.3) is 11.7 Å². The molecule has 0 aliphatic carbocycles. The van der Waals surface area contributed by atoms with Crippen LogP contribution in [0.2, 0.25) is 0 Å². The van der Waals surface area contributed by atoms with E-state index in [1.54, 1.807) is 34.0 Å². The highest BCUT2D eigenvalue weighted by Crippen LogP contribution is 2.18. The molecule has 0 saturated carbocycles. The van der Waals surface area contributed by atoms with Crippen LogP contribution in [-0.4, -0.2) is 34.3 Å². The van der Waals surface area contributed by atoms with Gasteiger partial charge in [-0.15, -0.1) is 15.3 Å². The van der Waals surface area contributed by atoms with Gasteiger partial charge in [0.15, 0.2) is 0 Å². The number of imidazole rings is 2. The molecule has 3 aromatic heterocycles. The van der Waals surface area contributed by atoms with Crippen LogP contribution in [0.4, 0.5) is 0 Å². The summed E-state index contributed by atoms with van der Waals surface area (Å²) in [5.41, 5.74) is 1.90. The van der Waals surface area contributed by atoms with Gasteiger partial charge in [0.2, 0.25) is 0 Å². The fourth-order valence-corrected chi connectivity index (χ4v) is 1.99. The van der Waals surface area contributed by atoms with Gasteiger partial charge in [0.1, 0.15) is 6.33 Å². The molecule has 3 heterocycles. The number of hydrogen-bond donors (Lipinski definition) is 0. The fourth-order valence-electron chi connectivity index (χ4n) is 1.99. The zero-order valence-electron chi connectivity index (χ0n) is 10.3. The summed E-state index contributed by atoms with van der Waals surface area (Å²) in [6.07, 6.45) is 6.80. The lowest BCUT2D eigenvalue weighted by Crippen LogP contribution is -2.07. The largest absolute Gasteiger partial charge is 0.272 e. The van der Waals surface area contributed by atoms with Crippen LogP contribution in [0.5, 0.6) is 0 Å². The Morgan fingerprint density at radius 1 is 1.00 bits per heavy atom. The minimum atomic E-state index is 0.449. The van der Waals surface area contributed by atoms with Gasteiger partial charge in [-0.3, -0.25) is 4.57 Å². The standard InChI is InChI=1S/C13H9N7/c1-2-4-10(5-3-1)11-8-15-12-16-17-13(18-20(11)12)19-7-6-14-9-19/h1-9H. The first-order valence-electron chi connectivity index (χ1n) is 6.04. The molecule has 0 bridgehead atoms. The van der Waals surface area contributed by atoms with Crippen molar-refractivity contribution in [2.24, 2.45) is 0 Å². The molecule has 0 saturated heterocycles. The zero-order valence-corrected chi connectivity index (χ0v) is 10.3. The summed E-state index contributed by atoms with van der Waals surface area (Å²) >= 11 is 0. The molecule has 4 aromatic rings. The van der Waals surface area contributed by atoms with Gasteiger partial charge in [0.05, 0.1) is 11.9 Å². The van der Waals surface area contributed by atoms with E-state index in [0.717, 1.165) is 11.3 Å². The molecule has 7 heteroatoms. The Hall–Kier alpha value is -3.09. The molecular weight excluding hydrogens is 254 g/mol. The second-order valence-electron chi connectivity index (χ2n) is 4.19. The number of fused-ring (bicyclic) bond motifs is 1. The maximum absolute atomic E-state index is 4.46. The van der Waals surface area contributed by atoms with E-state index >= 15 is 0 Å². The number of benzene rings is 1. The number of rotatable bonds is 2. The average molecular weight is 263 g/mol. The van der Waals surface area contributed by atoms with E-state index in [2.05, 4.69) is 25.3 Å². The third-order valence-corrected chi connectivity index (χ3v) is 2.94. The Morgan fingerprint density at radius 3 is 2.70 bits per heavy atom. The van der Waals surface area contributed by atoms with Gasteiger partial charge >= 0.3 is 0 Å². The van der Waals surface area contributed by atoms with Crippen LogP contribution >= 0.6 is 0 Å². The number of nitrogens with zero attached hydrogens (tertiary/aromatic N) is 7. The summed E-state index contributed by atoms with van der Waals surface area (Å²) in [5.74, 6) is 0.915. The van der Waals surface area contributed by atoms with Gasteiger partial charge in [-0.05, 0) is 0 Å². The molecule has 0 N–H and O–H groups in total. The smallest absolute Gasteiger partial charge is 0.272 e. The summed E-state index contributed by atoms with van der Waals surface area (Å²) < 4.78 is 3.37. The first kappa shape index (κ1) is 10.8. The van der Waals surface area contributed by atoms with Crippen LogP contribution in [0.1, 0.15) is 0 Å². The van der Waals surface area contributed by atoms with Crippen LogP contribution < -0.4 is 0 Å². The third-order valence-electron chi connectivity index (χ3n) is 2.94. The van der Waals surface area contributed by atoms with Gasteiger partial charge < -0.3 is 0 Å². The molecule has 7 nitrogen and oxygen atoms in total. The highest BCUT2D eigenvalue weighted by molar-refractivity contribution is 5.61. The van der Waals surface area contributed by atoms with Crippen LogP contribution in [-0.2, 0) is 0 Å². The highest BCUT2D eigenvalue weighted by Gasteiger charge is 2.10. The van der Waals surface area contributed by atoms with E-state index in [9.17, 15) is 0 Å². The van der Waals surface area contributed by atoms with Crippen molar-refractivity contribution in [1.82, 2.24) is 34.3 Å². The van der Waals surface area contributed by atoms with Gasteiger partial charge in [-0.2, -0.15) is 4.52 Å². The topological polar surface area (TPSA) is 73.8 Å². The zero-order chi connectivity index (χ0) is 13.4. The van der Waals surface area contributed by atoms with Gasteiger partial charge in [-0.1, -0.05) is 30.3 Å². The molecule has 0 radical (unpaired) electrons. The van der Waals surface area contributed by atoms with E-state index in [1.165, 1.54) is 0 Å². The van der Waals surface area contributed by atoms with E-state index in [1.807, 2.05) is 30.3 Å². The van der Waals surface area contributed by atoms with Crippen molar-refractivity contribution in [3.05, 3.63) is 55.2 Å². The van der Waals surface area contributed by atoms with Crippen molar-refractivity contribution in [1.29, 1.82) is 0 Å². The second kappa shape index (κ2) is 4.23. The van der Waals surface area contributed by atoms with Crippen molar-refractivity contribution < 1.29 is 0 Å². The Morgan fingerprint density at radius 2 is 1.90 bits per heavy atom. The lowest BCUT2D eigenvalue weighted by atomic mass is 10.2. The fraction of sp³-hybridized carbons (Fsp3) is 0. The van der Waals surface area contributed by atoms with Gasteiger partial charge in [0, 0.05) is 18.0 Å². The molecule has 0 spiro atoms. The minimum absolute atomic E-state index is 0.449. The Labute approximate surface area is 113 Å². The predicted octanol–water partition coefficient (Wildman–Crippen LogP) is 1.37. The first-order chi connectivity index (χ1) is 9.92. The number of aromatic nitrogens is 7. The molecule has 96 valence electrons. The van der Waals surface area contributed by atoms with Crippen LogP contribution in [0, 0.1) is 0 Å². The van der Waals surface area contributed by atoms with Crippen molar-refractivity contribution in [2.75, 3.05) is 0 Å². The van der Waals surface area contributed by atoms with Crippen LogP contribution in [0.3, 0.4) is 0 Å². The predicted molar refractivity (Wildman–Crippen MR) is 71.1 cm³/mol. The van der Waals surface area contributed by atoms with Crippen molar-refractivity contribution in [3.8, 4) is 17.2 Å². The molecule has 20 heavy (non-hydrogen) atoms. The SMILES string of the molecule is c1ccc(-c2cnc3nnc(-n4ccnc4)nn23)cc1. The van der Waals surface area contributed by atoms with E-state index in [0.29, 0.717) is 11.7 Å². The summed E-state index contributed by atoms with van der Waals surface area (Å²) in [6.45, 7) is 0. The number of hydrogen-bond acceptors (Lipinski definition) is 5. The summed E-state index contributed by atoms with van der Waals surface area (Å²) in [4.78, 5) is 8.20. The van der Waals surface area contributed by atoms with Gasteiger partial charge in [-0.25, -0.2) is 9.97 Å². The highest BCUT2D eigenvalue weighted by atomic mass is 15.4. The molecule has 0 fully saturated rings. The quantitative estimate of drug-likeness (QED) is 0.546. The maximum atomic E-state index is 4.46. The monoisotopic (exact) mass is 263 g/mol. The molecular formula is C13H9N7. The van der Waals surface area contributed by atoms with E-state index in [-0.39, 0.29) is 0 Å². The Kier molecular flexibility index (Phi) is 2.28. The molecule has 0 aliphatic rings. The third kappa shape index (κ3) is 1.64. The van der Waals surface area contributed by atoms with Crippen LogP contribution in [0.25, 0.3) is 23.0 Å². The lowest BCUT2D eigenvalue weighted by Gasteiger charge is -2.02. The summed E-state index contributed by atoms with van der Waals surface area (Å²) in [5, 5.41) is 12.6. The Balaban J connectivity index is 1.93.